The van der Waals surface area contributed by atoms with Crippen molar-refractivity contribution >= 4 is 25.9 Å². The molecule has 50 heavy (non-hydrogen) atoms. The van der Waals surface area contributed by atoms with E-state index < -0.39 is 32.2 Å². The van der Waals surface area contributed by atoms with Gasteiger partial charge in [0.15, 0.2) is 13.9 Å². The molecule has 0 spiro atoms. The molecule has 1 heterocycles. The van der Waals surface area contributed by atoms with Crippen LogP contribution in [0.3, 0.4) is 0 Å². The number of aliphatic imine (C=N–C) groups is 2. The van der Waals surface area contributed by atoms with E-state index in [1.54, 1.807) is 0 Å². The summed E-state index contributed by atoms with van der Waals surface area (Å²) >= 11 is 0. The number of benzene rings is 1. The number of aliphatic hydroxyl groups is 1. The van der Waals surface area contributed by atoms with Gasteiger partial charge < -0.3 is 23.7 Å². The van der Waals surface area contributed by atoms with E-state index in [1.165, 1.54) is 12.8 Å². The van der Waals surface area contributed by atoms with Crippen LogP contribution in [0.15, 0.2) is 52.5 Å². The number of aliphatic hydroxyl groups excluding tert-OH is 1. The number of carbonyl (C=O) groups excluding carboxylic acids is 1. The summed E-state index contributed by atoms with van der Waals surface area (Å²) in [6.07, 6.45) is 12.7. The predicted octanol–water partition coefficient (Wildman–Crippen LogP) is 9.79. The standard InChI is InChI=1S/C41H70N2O6Si/c1-11-14-15-23-28-34(44)29-24-18-16-17-19-25-30-35(49-50(9,10)40(5,6)7)36(48-31-33-26-21-20-22-27-33)37(45)41(8)39(47-13-3)42-32(4)38(43-41)46-12-2/h20-22,25-27,30,32,35-37,45H,11-19,23-24,28-29,31H2,1-10H3/b30-25+/t32-,35+,36-,37+,41+/m1/s1. The first kappa shape index (κ1) is 43.8. The summed E-state index contributed by atoms with van der Waals surface area (Å²) in [4.78, 5) is 22.0. The van der Waals surface area contributed by atoms with Crippen molar-refractivity contribution in [2.24, 2.45) is 9.98 Å². The molecule has 1 aliphatic heterocycles. The molecule has 5 atom stereocenters. The second kappa shape index (κ2) is 21.9. The number of carbonyl (C=O) groups is 1. The van der Waals surface area contributed by atoms with E-state index in [-0.39, 0.29) is 11.1 Å². The number of nitrogens with zero attached hydrogens (tertiary/aromatic N) is 2. The van der Waals surface area contributed by atoms with Crippen LogP contribution in [0.5, 0.6) is 0 Å². The summed E-state index contributed by atoms with van der Waals surface area (Å²) in [6, 6.07) is 9.66. The van der Waals surface area contributed by atoms with Crippen LogP contribution >= 0.6 is 0 Å². The Morgan fingerprint density at radius 2 is 1.58 bits per heavy atom. The largest absolute Gasteiger partial charge is 0.480 e. The van der Waals surface area contributed by atoms with Gasteiger partial charge in [-0.3, -0.25) is 4.79 Å². The first-order valence-electron chi connectivity index (χ1n) is 19.3. The minimum Gasteiger partial charge on any atom is -0.480 e. The minimum atomic E-state index is -2.34. The quantitative estimate of drug-likeness (QED) is 0.0689. The average Bonchev–Trinajstić information content (AvgIpc) is 3.06. The van der Waals surface area contributed by atoms with Crippen LogP contribution in [0, 0.1) is 0 Å². The summed E-state index contributed by atoms with van der Waals surface area (Å²) in [5.41, 5.74) is -0.260. The Morgan fingerprint density at radius 3 is 2.18 bits per heavy atom. The third-order valence-corrected chi connectivity index (χ3v) is 14.4. The van der Waals surface area contributed by atoms with Crippen molar-refractivity contribution in [2.45, 2.75) is 181 Å². The number of hydrogen-bond donors (Lipinski definition) is 1. The Labute approximate surface area is 305 Å². The van der Waals surface area contributed by atoms with Gasteiger partial charge in [-0.25, -0.2) is 9.98 Å². The molecule has 1 aromatic rings. The molecular weight excluding hydrogens is 645 g/mol. The molecule has 284 valence electrons. The van der Waals surface area contributed by atoms with Crippen molar-refractivity contribution in [3.63, 3.8) is 0 Å². The Hall–Kier alpha value is -2.33. The van der Waals surface area contributed by atoms with Crippen molar-refractivity contribution in [1.82, 2.24) is 0 Å². The number of ether oxygens (including phenoxy) is 3. The van der Waals surface area contributed by atoms with Crippen LogP contribution in [-0.4, -0.2) is 74.1 Å². The van der Waals surface area contributed by atoms with Gasteiger partial charge >= 0.3 is 0 Å². The average molecular weight is 715 g/mol. The summed E-state index contributed by atoms with van der Waals surface area (Å²) in [6.45, 7) is 22.0. The first-order valence-corrected chi connectivity index (χ1v) is 22.2. The lowest BCUT2D eigenvalue weighted by Crippen LogP contribution is -2.60. The van der Waals surface area contributed by atoms with Crippen molar-refractivity contribution in [1.29, 1.82) is 0 Å². The summed E-state index contributed by atoms with van der Waals surface area (Å²) in [5.74, 6) is 1.24. The zero-order valence-electron chi connectivity index (χ0n) is 33.1. The van der Waals surface area contributed by atoms with E-state index in [9.17, 15) is 9.90 Å². The molecule has 1 aliphatic rings. The van der Waals surface area contributed by atoms with E-state index in [1.807, 2.05) is 58.0 Å². The highest BCUT2D eigenvalue weighted by molar-refractivity contribution is 6.74. The third-order valence-electron chi connectivity index (χ3n) is 9.96. The highest BCUT2D eigenvalue weighted by atomic mass is 28.4. The molecule has 8 nitrogen and oxygen atoms in total. The molecule has 1 aromatic carbocycles. The van der Waals surface area contributed by atoms with Gasteiger partial charge in [-0.1, -0.05) is 102 Å². The van der Waals surface area contributed by atoms with E-state index in [0.29, 0.717) is 43.8 Å². The number of unbranched alkanes of at least 4 members (excludes halogenated alkanes) is 7. The lowest BCUT2D eigenvalue weighted by Gasteiger charge is -2.44. The zero-order chi connectivity index (χ0) is 37.2. The maximum Gasteiger partial charge on any atom is 0.215 e. The van der Waals surface area contributed by atoms with Crippen molar-refractivity contribution in [3.8, 4) is 0 Å². The summed E-state index contributed by atoms with van der Waals surface area (Å²) in [5, 5.41) is 12.4. The summed E-state index contributed by atoms with van der Waals surface area (Å²) in [7, 11) is -2.34. The number of Topliss-reactive ketones (excluding diaryl/α,β-unsaturated/α-hetero) is 1. The molecule has 0 saturated heterocycles. The molecule has 0 bridgehead atoms. The second-order valence-electron chi connectivity index (χ2n) is 15.4. The SMILES string of the molecule is CCCCCCC(=O)CCCCCC/C=C/[C@H](O[Si](C)(C)C(C)(C)C)[C@@H](OCc1ccccc1)[C@H](O)[C@]1(C)N=C(OCC)[C@@H](C)N=C1OCC. The van der Waals surface area contributed by atoms with Gasteiger partial charge in [-0.05, 0) is 77.1 Å². The first-order chi connectivity index (χ1) is 23.7. The van der Waals surface area contributed by atoms with Gasteiger partial charge in [0.1, 0.15) is 24.0 Å². The van der Waals surface area contributed by atoms with Gasteiger partial charge in [-0.15, -0.1) is 0 Å². The molecule has 2 rings (SSSR count). The predicted molar refractivity (Wildman–Crippen MR) is 210 cm³/mol. The molecule has 0 aliphatic carbocycles. The van der Waals surface area contributed by atoms with Gasteiger partial charge in [0.25, 0.3) is 0 Å². The Morgan fingerprint density at radius 1 is 0.960 bits per heavy atom. The zero-order valence-corrected chi connectivity index (χ0v) is 34.1. The highest BCUT2D eigenvalue weighted by Crippen LogP contribution is 2.39. The minimum absolute atomic E-state index is 0.0656. The molecule has 0 amide bonds. The molecule has 9 heteroatoms. The maximum atomic E-state index is 12.5. The Balaban J connectivity index is 2.33. The van der Waals surface area contributed by atoms with Crippen LogP contribution in [0.4, 0.5) is 0 Å². The van der Waals surface area contributed by atoms with Crippen molar-refractivity contribution < 1.29 is 28.5 Å². The molecule has 1 N–H and O–H groups in total. The smallest absolute Gasteiger partial charge is 0.215 e. The Bertz CT molecular complexity index is 1210. The number of ketones is 1. The topological polar surface area (TPSA) is 98.9 Å². The fourth-order valence-corrected chi connectivity index (χ4v) is 7.02. The van der Waals surface area contributed by atoms with Crippen LogP contribution in [0.25, 0.3) is 0 Å². The normalized spacial score (nSPS) is 20.3. The lowest BCUT2D eigenvalue weighted by molar-refractivity contribution is -0.119. The number of rotatable bonds is 23. The third kappa shape index (κ3) is 14.0. The lowest BCUT2D eigenvalue weighted by atomic mass is 9.87. The molecule has 0 unspecified atom stereocenters. The van der Waals surface area contributed by atoms with Crippen LogP contribution < -0.4 is 0 Å². The van der Waals surface area contributed by atoms with Gasteiger partial charge in [0.2, 0.25) is 11.8 Å². The van der Waals surface area contributed by atoms with Crippen molar-refractivity contribution in [2.75, 3.05) is 13.2 Å². The van der Waals surface area contributed by atoms with Gasteiger partial charge in [0, 0.05) is 12.8 Å². The van der Waals surface area contributed by atoms with Gasteiger partial charge in [0.05, 0.1) is 25.9 Å². The summed E-state index contributed by atoms with van der Waals surface area (Å²) < 4.78 is 25.7. The van der Waals surface area contributed by atoms with E-state index in [4.69, 9.17) is 28.6 Å². The van der Waals surface area contributed by atoms with Crippen LogP contribution in [0.2, 0.25) is 18.1 Å². The monoisotopic (exact) mass is 715 g/mol. The van der Waals surface area contributed by atoms with E-state index in [0.717, 1.165) is 56.9 Å². The highest BCUT2D eigenvalue weighted by Gasteiger charge is 2.51. The number of allylic oxidation sites excluding steroid dienone is 1. The second-order valence-corrected chi connectivity index (χ2v) is 20.1. The maximum absolute atomic E-state index is 12.5. The fraction of sp³-hybridized carbons (Fsp3) is 0.732. The number of hydrogen-bond acceptors (Lipinski definition) is 8. The van der Waals surface area contributed by atoms with Crippen molar-refractivity contribution in [3.05, 3.63) is 48.0 Å². The van der Waals surface area contributed by atoms with E-state index >= 15 is 0 Å². The molecular formula is C41H70N2O6Si. The molecule has 0 saturated carbocycles. The Kier molecular flexibility index (Phi) is 19.2. The molecule has 0 fully saturated rings. The molecule has 0 aromatic heterocycles. The van der Waals surface area contributed by atoms with Crippen LogP contribution in [-0.2, 0) is 30.0 Å². The van der Waals surface area contributed by atoms with E-state index in [2.05, 4.69) is 52.9 Å². The molecule has 0 radical (unpaired) electrons. The van der Waals surface area contributed by atoms with Gasteiger partial charge in [-0.2, -0.15) is 0 Å². The fourth-order valence-electron chi connectivity index (χ4n) is 5.77. The van der Waals surface area contributed by atoms with Crippen LogP contribution in [0.1, 0.15) is 132 Å².